The molecule has 0 heterocycles. The molecule has 1 atom stereocenters. The van der Waals surface area contributed by atoms with E-state index in [1.54, 1.807) is 25.3 Å². The van der Waals surface area contributed by atoms with Gasteiger partial charge in [0.25, 0.3) is 0 Å². The SMILES string of the molecule is CCC(C)NCc1cc(OC)c(OCc2ccccc2F)cc1Br. The summed E-state index contributed by atoms with van der Waals surface area (Å²) in [5.41, 5.74) is 1.60. The van der Waals surface area contributed by atoms with Crippen LogP contribution in [-0.4, -0.2) is 13.2 Å². The first-order valence-electron chi connectivity index (χ1n) is 8.01. The Morgan fingerprint density at radius 1 is 1.17 bits per heavy atom. The van der Waals surface area contributed by atoms with Crippen LogP contribution in [0, 0.1) is 5.82 Å². The number of nitrogens with one attached hydrogen (secondary N) is 1. The smallest absolute Gasteiger partial charge is 0.162 e. The maximum absolute atomic E-state index is 13.7. The number of hydrogen-bond donors (Lipinski definition) is 1. The van der Waals surface area contributed by atoms with Crippen LogP contribution in [0.2, 0.25) is 0 Å². The third-order valence-corrected chi connectivity index (χ3v) is 4.67. The highest BCUT2D eigenvalue weighted by Gasteiger charge is 2.12. The highest BCUT2D eigenvalue weighted by Crippen LogP contribution is 2.34. The molecule has 130 valence electrons. The minimum atomic E-state index is -0.273. The molecule has 5 heteroatoms. The Labute approximate surface area is 151 Å². The number of halogens is 2. The van der Waals surface area contributed by atoms with E-state index in [4.69, 9.17) is 9.47 Å². The van der Waals surface area contributed by atoms with Crippen molar-refractivity contribution in [2.24, 2.45) is 0 Å². The highest BCUT2D eigenvalue weighted by atomic mass is 79.9. The second kappa shape index (κ2) is 9.04. The van der Waals surface area contributed by atoms with Gasteiger partial charge in [0.2, 0.25) is 0 Å². The van der Waals surface area contributed by atoms with Crippen molar-refractivity contribution in [3.8, 4) is 11.5 Å². The molecular formula is C19H23BrFNO2. The molecule has 1 N–H and O–H groups in total. The summed E-state index contributed by atoms with van der Waals surface area (Å²) in [5, 5.41) is 3.45. The molecule has 0 spiro atoms. The van der Waals surface area contributed by atoms with E-state index >= 15 is 0 Å². The molecule has 0 fully saturated rings. The lowest BCUT2D eigenvalue weighted by Gasteiger charge is -2.16. The van der Waals surface area contributed by atoms with Crippen LogP contribution in [0.15, 0.2) is 40.9 Å². The van der Waals surface area contributed by atoms with Crippen molar-refractivity contribution in [3.05, 3.63) is 57.8 Å². The van der Waals surface area contributed by atoms with Gasteiger partial charge in [-0.05, 0) is 37.1 Å². The fourth-order valence-corrected chi connectivity index (χ4v) is 2.65. The molecule has 0 aliphatic heterocycles. The van der Waals surface area contributed by atoms with Gasteiger partial charge in [-0.2, -0.15) is 0 Å². The first-order valence-corrected chi connectivity index (χ1v) is 8.80. The Hall–Kier alpha value is -1.59. The van der Waals surface area contributed by atoms with Gasteiger partial charge in [0, 0.05) is 22.6 Å². The van der Waals surface area contributed by atoms with E-state index in [1.165, 1.54) is 6.07 Å². The van der Waals surface area contributed by atoms with E-state index in [2.05, 4.69) is 35.1 Å². The Morgan fingerprint density at radius 3 is 2.58 bits per heavy atom. The first-order chi connectivity index (χ1) is 11.5. The molecule has 0 radical (unpaired) electrons. The van der Waals surface area contributed by atoms with Crippen LogP contribution in [0.25, 0.3) is 0 Å². The van der Waals surface area contributed by atoms with Gasteiger partial charge in [0.05, 0.1) is 7.11 Å². The largest absolute Gasteiger partial charge is 0.493 e. The first kappa shape index (κ1) is 18.7. The minimum Gasteiger partial charge on any atom is -0.493 e. The Kier molecular flexibility index (Phi) is 7.06. The van der Waals surface area contributed by atoms with Crippen molar-refractivity contribution in [2.45, 2.75) is 39.5 Å². The number of rotatable bonds is 8. The van der Waals surface area contributed by atoms with E-state index in [-0.39, 0.29) is 12.4 Å². The van der Waals surface area contributed by atoms with E-state index in [1.807, 2.05) is 12.1 Å². The lowest BCUT2D eigenvalue weighted by Crippen LogP contribution is -2.24. The summed E-state index contributed by atoms with van der Waals surface area (Å²) in [4.78, 5) is 0. The average Bonchev–Trinajstić information content (AvgIpc) is 2.59. The fraction of sp³-hybridized carbons (Fsp3) is 0.368. The zero-order chi connectivity index (χ0) is 17.5. The maximum atomic E-state index is 13.7. The van der Waals surface area contributed by atoms with Crippen LogP contribution in [0.5, 0.6) is 11.5 Å². The van der Waals surface area contributed by atoms with E-state index in [0.717, 1.165) is 23.0 Å². The fourth-order valence-electron chi connectivity index (χ4n) is 2.18. The summed E-state index contributed by atoms with van der Waals surface area (Å²) in [6.07, 6.45) is 1.07. The van der Waals surface area contributed by atoms with Crippen molar-refractivity contribution in [1.29, 1.82) is 0 Å². The molecule has 0 aliphatic rings. The third-order valence-electron chi connectivity index (χ3n) is 3.93. The molecule has 24 heavy (non-hydrogen) atoms. The van der Waals surface area contributed by atoms with Crippen molar-refractivity contribution >= 4 is 15.9 Å². The topological polar surface area (TPSA) is 30.5 Å². The van der Waals surface area contributed by atoms with E-state index in [0.29, 0.717) is 23.1 Å². The van der Waals surface area contributed by atoms with Gasteiger partial charge in [-0.25, -0.2) is 4.39 Å². The van der Waals surface area contributed by atoms with Gasteiger partial charge in [-0.15, -0.1) is 0 Å². The average molecular weight is 396 g/mol. The molecule has 2 rings (SSSR count). The number of methoxy groups -OCH3 is 1. The quantitative estimate of drug-likeness (QED) is 0.676. The van der Waals surface area contributed by atoms with Gasteiger partial charge in [-0.1, -0.05) is 41.1 Å². The van der Waals surface area contributed by atoms with Crippen molar-refractivity contribution in [3.63, 3.8) is 0 Å². The van der Waals surface area contributed by atoms with Crippen LogP contribution in [0.4, 0.5) is 4.39 Å². The Bertz CT molecular complexity index is 678. The van der Waals surface area contributed by atoms with Crippen molar-refractivity contribution in [1.82, 2.24) is 5.32 Å². The van der Waals surface area contributed by atoms with Crippen LogP contribution >= 0.6 is 15.9 Å². The molecule has 0 saturated carbocycles. The Morgan fingerprint density at radius 2 is 1.92 bits per heavy atom. The number of ether oxygens (including phenoxy) is 2. The van der Waals surface area contributed by atoms with E-state index in [9.17, 15) is 4.39 Å². The molecule has 0 amide bonds. The summed E-state index contributed by atoms with van der Waals surface area (Å²) in [6, 6.07) is 10.8. The molecule has 1 unspecified atom stereocenters. The van der Waals surface area contributed by atoms with Crippen LogP contribution in [0.3, 0.4) is 0 Å². The number of hydrogen-bond acceptors (Lipinski definition) is 3. The third kappa shape index (κ3) is 4.95. The second-order valence-electron chi connectivity index (χ2n) is 5.66. The predicted molar refractivity (Wildman–Crippen MR) is 98.0 cm³/mol. The standard InChI is InChI=1S/C19H23BrFNO2/c1-4-13(2)22-11-15-9-18(23-3)19(10-16(15)20)24-12-14-7-5-6-8-17(14)21/h5-10,13,22H,4,11-12H2,1-3H3. The van der Waals surface area contributed by atoms with Crippen LogP contribution in [0.1, 0.15) is 31.4 Å². The molecule has 0 bridgehead atoms. The molecular weight excluding hydrogens is 373 g/mol. The molecule has 0 saturated heterocycles. The van der Waals surface area contributed by atoms with Crippen LogP contribution < -0.4 is 14.8 Å². The molecule has 2 aromatic rings. The van der Waals surface area contributed by atoms with Crippen molar-refractivity contribution in [2.75, 3.05) is 7.11 Å². The monoisotopic (exact) mass is 395 g/mol. The van der Waals surface area contributed by atoms with Crippen LogP contribution in [-0.2, 0) is 13.2 Å². The van der Waals surface area contributed by atoms with Gasteiger partial charge in [0.1, 0.15) is 12.4 Å². The summed E-state index contributed by atoms with van der Waals surface area (Å²) < 4.78 is 25.8. The lowest BCUT2D eigenvalue weighted by molar-refractivity contribution is 0.279. The summed E-state index contributed by atoms with van der Waals surface area (Å²) in [5.74, 6) is 0.945. The Balaban J connectivity index is 2.12. The van der Waals surface area contributed by atoms with Gasteiger partial charge < -0.3 is 14.8 Å². The van der Waals surface area contributed by atoms with Gasteiger partial charge in [-0.3, -0.25) is 0 Å². The molecule has 3 nitrogen and oxygen atoms in total. The van der Waals surface area contributed by atoms with Gasteiger partial charge >= 0.3 is 0 Å². The van der Waals surface area contributed by atoms with Gasteiger partial charge in [0.15, 0.2) is 11.5 Å². The highest BCUT2D eigenvalue weighted by molar-refractivity contribution is 9.10. The second-order valence-corrected chi connectivity index (χ2v) is 6.52. The summed E-state index contributed by atoms with van der Waals surface area (Å²) >= 11 is 3.57. The van der Waals surface area contributed by atoms with E-state index < -0.39 is 0 Å². The zero-order valence-electron chi connectivity index (χ0n) is 14.2. The summed E-state index contributed by atoms with van der Waals surface area (Å²) in [6.45, 7) is 5.18. The zero-order valence-corrected chi connectivity index (χ0v) is 15.8. The molecule has 0 aromatic heterocycles. The van der Waals surface area contributed by atoms with Crippen molar-refractivity contribution < 1.29 is 13.9 Å². The lowest BCUT2D eigenvalue weighted by atomic mass is 10.1. The number of benzene rings is 2. The predicted octanol–water partition coefficient (Wildman–Crippen LogP) is 5.06. The maximum Gasteiger partial charge on any atom is 0.162 e. The normalized spacial score (nSPS) is 12.0. The summed E-state index contributed by atoms with van der Waals surface area (Å²) in [7, 11) is 1.60. The molecule has 0 aliphatic carbocycles. The molecule has 2 aromatic carbocycles. The minimum absolute atomic E-state index is 0.153.